The monoisotopic (exact) mass is 648 g/mol. The van der Waals surface area contributed by atoms with E-state index in [9.17, 15) is 14.4 Å². The number of aliphatic carboxylic acids is 1. The van der Waals surface area contributed by atoms with Gasteiger partial charge in [0.2, 0.25) is 5.91 Å². The number of aryl methyl sites for hydroxylation is 1. The van der Waals surface area contributed by atoms with Crippen LogP contribution in [-0.4, -0.2) is 45.4 Å². The molecule has 4 aromatic rings. The van der Waals surface area contributed by atoms with E-state index >= 15 is 0 Å². The van der Waals surface area contributed by atoms with Gasteiger partial charge in [-0.2, -0.15) is 0 Å². The van der Waals surface area contributed by atoms with E-state index in [1.54, 1.807) is 12.1 Å². The molecular weight excluding hydrogens is 600 g/mol. The van der Waals surface area contributed by atoms with Crippen molar-refractivity contribution in [2.75, 3.05) is 6.54 Å². The lowest BCUT2D eigenvalue weighted by Gasteiger charge is -2.20. The highest BCUT2D eigenvalue weighted by atomic mass is 16.4. The maximum atomic E-state index is 13.2. The molecule has 0 aliphatic heterocycles. The molecule has 8 heteroatoms. The second kappa shape index (κ2) is 17.3. The molecule has 0 fully saturated rings. The Bertz CT molecular complexity index is 1630. The number of hydrogen-bond donors (Lipinski definition) is 3. The maximum Gasteiger partial charge on any atom is 0.305 e. The number of carboxylic acid groups (broad SMARTS) is 1. The molecule has 2 amide bonds. The molecule has 0 spiro atoms. The van der Waals surface area contributed by atoms with E-state index in [0.717, 1.165) is 34.2 Å². The predicted octanol–water partition coefficient (Wildman–Crippen LogP) is 7.55. The molecule has 0 bridgehead atoms. The molecule has 0 aliphatic rings. The van der Waals surface area contributed by atoms with Gasteiger partial charge in [-0.1, -0.05) is 114 Å². The largest absolute Gasteiger partial charge is 0.481 e. The summed E-state index contributed by atoms with van der Waals surface area (Å²) in [5.74, 6) is -1.25. The number of aromatic nitrogens is 2. The zero-order valence-electron chi connectivity index (χ0n) is 28.6. The van der Waals surface area contributed by atoms with Crippen LogP contribution in [0.15, 0.2) is 85.2 Å². The van der Waals surface area contributed by atoms with Crippen molar-refractivity contribution in [2.45, 2.75) is 90.5 Å². The molecule has 8 nitrogen and oxygen atoms in total. The molecule has 0 aliphatic carbocycles. The van der Waals surface area contributed by atoms with Gasteiger partial charge >= 0.3 is 5.97 Å². The lowest BCUT2D eigenvalue weighted by Crippen LogP contribution is -2.48. The molecule has 4 rings (SSSR count). The lowest BCUT2D eigenvalue weighted by molar-refractivity contribution is -0.137. The molecule has 48 heavy (non-hydrogen) atoms. The fraction of sp³-hybridized carbons (Fsp3) is 0.375. The second-order valence-corrected chi connectivity index (χ2v) is 13.3. The van der Waals surface area contributed by atoms with Crippen molar-refractivity contribution in [1.29, 1.82) is 0 Å². The van der Waals surface area contributed by atoms with Gasteiger partial charge in [0.05, 0.1) is 6.42 Å². The first-order valence-electron chi connectivity index (χ1n) is 16.9. The maximum absolute atomic E-state index is 13.2. The van der Waals surface area contributed by atoms with E-state index in [4.69, 9.17) is 5.11 Å². The van der Waals surface area contributed by atoms with E-state index in [0.29, 0.717) is 11.4 Å². The van der Waals surface area contributed by atoms with Gasteiger partial charge in [0.15, 0.2) is 5.82 Å². The highest BCUT2D eigenvalue weighted by Gasteiger charge is 2.23. The number of unbranched alkanes of at least 4 members (excludes halogenated alkanes) is 4. The Hall–Kier alpha value is -4.85. The number of carboxylic acids is 1. The first kappa shape index (κ1) is 36.0. The standard InChI is InChI=1S/C40H48N4O4/c1-5-6-7-8-9-10-28-11-15-30(16-12-28)33-26-42-37(43-27-33)31-17-13-29(14-18-31)25-35(39(48)41-24-23-36(45)46)44-38(47)32-19-21-34(22-20-32)40(2,3)4/h11-22,26-27,35H,5-10,23-25H2,1-4H3,(H,41,48)(H,44,47)(H,45,46)/t35-/m0/s1. The smallest absolute Gasteiger partial charge is 0.305 e. The quantitative estimate of drug-likeness (QED) is 0.108. The van der Waals surface area contributed by atoms with Crippen molar-refractivity contribution in [1.82, 2.24) is 20.6 Å². The van der Waals surface area contributed by atoms with Crippen molar-refractivity contribution in [2.24, 2.45) is 0 Å². The Balaban J connectivity index is 1.40. The number of nitrogens with one attached hydrogen (secondary N) is 2. The summed E-state index contributed by atoms with van der Waals surface area (Å²) in [4.78, 5) is 46.4. The summed E-state index contributed by atoms with van der Waals surface area (Å²) in [6.07, 6.45) is 11.1. The average molecular weight is 649 g/mol. The van der Waals surface area contributed by atoms with Gasteiger partial charge in [-0.3, -0.25) is 14.4 Å². The fourth-order valence-electron chi connectivity index (χ4n) is 5.44. The minimum Gasteiger partial charge on any atom is -0.481 e. The molecule has 3 N–H and O–H groups in total. The number of hydrogen-bond acceptors (Lipinski definition) is 5. The third-order valence-corrected chi connectivity index (χ3v) is 8.43. The Morgan fingerprint density at radius 2 is 1.35 bits per heavy atom. The number of benzene rings is 3. The molecule has 0 radical (unpaired) electrons. The van der Waals surface area contributed by atoms with Crippen LogP contribution in [0.1, 0.15) is 93.3 Å². The molecule has 252 valence electrons. The number of rotatable bonds is 16. The van der Waals surface area contributed by atoms with Gasteiger partial charge in [0.1, 0.15) is 6.04 Å². The van der Waals surface area contributed by atoms with Crippen LogP contribution in [0.25, 0.3) is 22.5 Å². The van der Waals surface area contributed by atoms with Crippen molar-refractivity contribution in [3.63, 3.8) is 0 Å². The first-order valence-corrected chi connectivity index (χ1v) is 16.9. The van der Waals surface area contributed by atoms with Crippen molar-refractivity contribution in [3.05, 3.63) is 107 Å². The van der Waals surface area contributed by atoms with Crippen molar-refractivity contribution < 1.29 is 19.5 Å². The van der Waals surface area contributed by atoms with Crippen LogP contribution in [0, 0.1) is 0 Å². The number of carbonyl (C=O) groups excluding carboxylic acids is 2. The number of carbonyl (C=O) groups is 3. The lowest BCUT2D eigenvalue weighted by atomic mass is 9.86. The second-order valence-electron chi connectivity index (χ2n) is 13.3. The Kier molecular flexibility index (Phi) is 13.0. The van der Waals surface area contributed by atoms with Crippen LogP contribution < -0.4 is 10.6 Å². The topological polar surface area (TPSA) is 121 Å². The van der Waals surface area contributed by atoms with Crippen LogP contribution in [0.3, 0.4) is 0 Å². The summed E-state index contributed by atoms with van der Waals surface area (Å²) in [5.41, 5.74) is 6.50. The van der Waals surface area contributed by atoms with Gasteiger partial charge in [-0.05, 0) is 52.6 Å². The van der Waals surface area contributed by atoms with Gasteiger partial charge in [0, 0.05) is 42.0 Å². The highest BCUT2D eigenvalue weighted by Crippen LogP contribution is 2.24. The molecular formula is C40H48N4O4. The zero-order chi connectivity index (χ0) is 34.5. The van der Waals surface area contributed by atoms with Crippen LogP contribution in [-0.2, 0) is 27.8 Å². The van der Waals surface area contributed by atoms with E-state index in [-0.39, 0.29) is 30.7 Å². The van der Waals surface area contributed by atoms with E-state index in [1.807, 2.05) is 48.8 Å². The van der Waals surface area contributed by atoms with E-state index in [2.05, 4.69) is 72.6 Å². The molecule has 3 aromatic carbocycles. The van der Waals surface area contributed by atoms with Gasteiger partial charge in [0.25, 0.3) is 5.91 Å². The highest BCUT2D eigenvalue weighted by molar-refractivity contribution is 5.97. The predicted molar refractivity (Wildman–Crippen MR) is 191 cm³/mol. The summed E-state index contributed by atoms with van der Waals surface area (Å²) < 4.78 is 0. The van der Waals surface area contributed by atoms with Crippen molar-refractivity contribution >= 4 is 17.8 Å². The third-order valence-electron chi connectivity index (χ3n) is 8.43. The van der Waals surface area contributed by atoms with Crippen LogP contribution in [0.5, 0.6) is 0 Å². The molecule has 1 atom stereocenters. The Labute approximate surface area is 284 Å². The molecule has 1 heterocycles. The summed E-state index contributed by atoms with van der Waals surface area (Å²) in [7, 11) is 0. The molecule has 0 saturated carbocycles. The molecule has 0 unspecified atom stereocenters. The van der Waals surface area contributed by atoms with E-state index < -0.39 is 17.9 Å². The zero-order valence-corrected chi connectivity index (χ0v) is 28.6. The normalized spacial score (nSPS) is 11.9. The first-order chi connectivity index (χ1) is 23.0. The van der Waals surface area contributed by atoms with Crippen LogP contribution >= 0.6 is 0 Å². The molecule has 0 saturated heterocycles. The fourth-order valence-corrected chi connectivity index (χ4v) is 5.44. The van der Waals surface area contributed by atoms with Gasteiger partial charge in [-0.15, -0.1) is 0 Å². The average Bonchev–Trinajstić information content (AvgIpc) is 3.08. The Morgan fingerprint density at radius 3 is 1.96 bits per heavy atom. The minimum atomic E-state index is -1.01. The Morgan fingerprint density at radius 1 is 0.750 bits per heavy atom. The van der Waals surface area contributed by atoms with E-state index in [1.165, 1.54) is 37.7 Å². The van der Waals surface area contributed by atoms with Gasteiger partial charge < -0.3 is 15.7 Å². The third kappa shape index (κ3) is 10.9. The van der Waals surface area contributed by atoms with Gasteiger partial charge in [-0.25, -0.2) is 9.97 Å². The van der Waals surface area contributed by atoms with Crippen LogP contribution in [0.4, 0.5) is 0 Å². The van der Waals surface area contributed by atoms with Crippen LogP contribution in [0.2, 0.25) is 0 Å². The number of amides is 2. The summed E-state index contributed by atoms with van der Waals surface area (Å²) >= 11 is 0. The SMILES string of the molecule is CCCCCCCc1ccc(-c2cnc(-c3ccc(C[C@H](NC(=O)c4ccc(C(C)(C)C)cc4)C(=O)NCCC(=O)O)cc3)nc2)cc1. The minimum absolute atomic E-state index is 0.0314. The molecule has 1 aromatic heterocycles. The summed E-state index contributed by atoms with van der Waals surface area (Å²) in [6, 6.07) is 22.6. The summed E-state index contributed by atoms with van der Waals surface area (Å²) in [6.45, 7) is 8.50. The number of nitrogens with zero attached hydrogens (tertiary/aromatic N) is 2. The van der Waals surface area contributed by atoms with Crippen molar-refractivity contribution in [3.8, 4) is 22.5 Å². The summed E-state index contributed by atoms with van der Waals surface area (Å²) in [5, 5.41) is 14.5.